The van der Waals surface area contributed by atoms with Gasteiger partial charge in [0.15, 0.2) is 0 Å². The predicted octanol–water partition coefficient (Wildman–Crippen LogP) is 5.65. The minimum Gasteiger partial charge on any atom is -0.495 e. The Morgan fingerprint density at radius 3 is 2.54 bits per heavy atom. The summed E-state index contributed by atoms with van der Waals surface area (Å²) in [5, 5.41) is 0. The quantitative estimate of drug-likeness (QED) is 0.313. The predicted molar refractivity (Wildman–Crippen MR) is 138 cm³/mol. The molecule has 5 rings (SSSR count). The number of aromatic nitrogens is 2. The first kappa shape index (κ1) is 23.0. The van der Waals surface area contributed by atoms with Gasteiger partial charge in [-0.05, 0) is 67.8 Å². The number of methoxy groups -OCH3 is 1. The summed E-state index contributed by atoms with van der Waals surface area (Å²) in [6.07, 6.45) is 1.28. The van der Waals surface area contributed by atoms with Crippen molar-refractivity contribution in [3.63, 3.8) is 0 Å². The summed E-state index contributed by atoms with van der Waals surface area (Å²) in [5.41, 5.74) is 5.27. The van der Waals surface area contributed by atoms with Crippen LogP contribution in [0.5, 0.6) is 11.5 Å². The van der Waals surface area contributed by atoms with Crippen molar-refractivity contribution in [2.45, 2.75) is 39.2 Å². The van der Waals surface area contributed by atoms with Gasteiger partial charge in [0.2, 0.25) is 5.91 Å². The van der Waals surface area contributed by atoms with E-state index in [0.717, 1.165) is 41.3 Å². The molecule has 1 amide bonds. The third-order valence-electron chi connectivity index (χ3n) is 6.54. The molecule has 6 heteroatoms. The number of aryl methyl sites for hydroxylation is 3. The van der Waals surface area contributed by atoms with Crippen LogP contribution in [0.3, 0.4) is 0 Å². The number of amides is 1. The van der Waals surface area contributed by atoms with Crippen LogP contribution in [0.4, 0.5) is 5.69 Å². The van der Waals surface area contributed by atoms with E-state index in [1.54, 1.807) is 7.11 Å². The number of carbonyl (C=O) groups is 1. The molecule has 35 heavy (non-hydrogen) atoms. The second-order valence-electron chi connectivity index (χ2n) is 9.21. The minimum absolute atomic E-state index is 0.0140. The molecular formula is C29H31N3O3. The van der Waals surface area contributed by atoms with Gasteiger partial charge in [0.25, 0.3) is 0 Å². The molecule has 1 aliphatic rings. The fraction of sp³-hybridized carbons (Fsp3) is 0.310. The zero-order chi connectivity index (χ0) is 24.4. The molecule has 0 aliphatic carbocycles. The highest BCUT2D eigenvalue weighted by molar-refractivity contribution is 5.97. The van der Waals surface area contributed by atoms with Gasteiger partial charge >= 0.3 is 0 Å². The molecule has 0 bridgehead atoms. The first-order chi connectivity index (χ1) is 17.0. The zero-order valence-electron chi connectivity index (χ0n) is 20.5. The van der Waals surface area contributed by atoms with Crippen LogP contribution in [0.15, 0.2) is 66.7 Å². The number of carbonyl (C=O) groups excluding carboxylic acids is 1. The number of anilines is 1. The minimum atomic E-state index is 0.0140. The third-order valence-corrected chi connectivity index (χ3v) is 6.54. The van der Waals surface area contributed by atoms with Crippen LogP contribution in [0.1, 0.15) is 35.7 Å². The number of rotatable bonds is 8. The molecule has 1 aliphatic heterocycles. The Morgan fingerprint density at radius 2 is 1.74 bits per heavy atom. The summed E-state index contributed by atoms with van der Waals surface area (Å²) >= 11 is 0. The largest absolute Gasteiger partial charge is 0.495 e. The highest BCUT2D eigenvalue weighted by Crippen LogP contribution is 2.37. The van der Waals surface area contributed by atoms with Gasteiger partial charge in [0.1, 0.15) is 17.3 Å². The molecule has 0 radical (unpaired) electrons. The molecule has 1 fully saturated rings. The molecule has 2 heterocycles. The lowest BCUT2D eigenvalue weighted by Gasteiger charge is -2.20. The number of hydrogen-bond donors (Lipinski definition) is 0. The van der Waals surface area contributed by atoms with Crippen molar-refractivity contribution >= 4 is 22.6 Å². The SMILES string of the molecule is COc1ccccc1N1CC(c2nc3ccccc3n2CCCOc2cc(C)cc(C)c2)CC1=O. The highest BCUT2D eigenvalue weighted by Gasteiger charge is 2.35. The number of imidazole rings is 1. The number of hydrogen-bond acceptors (Lipinski definition) is 4. The average Bonchev–Trinajstić information content (AvgIpc) is 3.41. The Morgan fingerprint density at radius 1 is 1.00 bits per heavy atom. The summed E-state index contributed by atoms with van der Waals surface area (Å²) < 4.78 is 13.8. The summed E-state index contributed by atoms with van der Waals surface area (Å²) in [5.74, 6) is 2.69. The van der Waals surface area contributed by atoms with E-state index >= 15 is 0 Å². The van der Waals surface area contributed by atoms with Crippen molar-refractivity contribution in [3.8, 4) is 11.5 Å². The normalized spacial score (nSPS) is 15.7. The average molecular weight is 470 g/mol. The van der Waals surface area contributed by atoms with E-state index in [1.807, 2.05) is 47.4 Å². The monoisotopic (exact) mass is 469 g/mol. The molecule has 0 saturated carbocycles. The summed E-state index contributed by atoms with van der Waals surface area (Å²) in [6.45, 7) is 6.15. The van der Waals surface area contributed by atoms with E-state index < -0.39 is 0 Å². The molecule has 0 spiro atoms. The van der Waals surface area contributed by atoms with Gasteiger partial charge < -0.3 is 18.9 Å². The summed E-state index contributed by atoms with van der Waals surface area (Å²) in [6, 6.07) is 22.2. The standard InChI is InChI=1S/C29H31N3O3/c1-20-15-21(2)17-23(16-20)35-14-8-13-31-25-10-5-4-9-24(25)30-29(31)22-18-28(33)32(19-22)26-11-6-7-12-27(26)34-3/h4-7,9-12,15-17,22H,8,13-14,18-19H2,1-3H3. The number of ether oxygens (including phenoxy) is 2. The van der Waals surface area contributed by atoms with Crippen LogP contribution in [-0.2, 0) is 11.3 Å². The lowest BCUT2D eigenvalue weighted by Crippen LogP contribution is -2.25. The number of nitrogens with zero attached hydrogens (tertiary/aromatic N) is 3. The van der Waals surface area contributed by atoms with E-state index in [-0.39, 0.29) is 11.8 Å². The Kier molecular flexibility index (Phi) is 6.45. The van der Waals surface area contributed by atoms with Gasteiger partial charge in [-0.2, -0.15) is 0 Å². The van der Waals surface area contributed by atoms with Crippen LogP contribution in [-0.4, -0.2) is 35.7 Å². The van der Waals surface area contributed by atoms with Gasteiger partial charge in [0.05, 0.1) is 30.4 Å². The highest BCUT2D eigenvalue weighted by atomic mass is 16.5. The van der Waals surface area contributed by atoms with E-state index in [0.29, 0.717) is 25.3 Å². The van der Waals surface area contributed by atoms with Crippen molar-refractivity contribution in [3.05, 3.63) is 83.7 Å². The van der Waals surface area contributed by atoms with Crippen molar-refractivity contribution in [2.75, 3.05) is 25.2 Å². The maximum atomic E-state index is 13.0. The fourth-order valence-electron chi connectivity index (χ4n) is 5.04. The maximum Gasteiger partial charge on any atom is 0.227 e. The van der Waals surface area contributed by atoms with E-state index in [4.69, 9.17) is 14.5 Å². The summed E-state index contributed by atoms with van der Waals surface area (Å²) in [7, 11) is 1.64. The van der Waals surface area contributed by atoms with Crippen LogP contribution < -0.4 is 14.4 Å². The Labute approximate surface area is 206 Å². The second kappa shape index (κ2) is 9.82. The van der Waals surface area contributed by atoms with Crippen LogP contribution in [0.25, 0.3) is 11.0 Å². The van der Waals surface area contributed by atoms with Gasteiger partial charge in [-0.3, -0.25) is 4.79 Å². The molecule has 3 aromatic carbocycles. The Hall–Kier alpha value is -3.80. The van der Waals surface area contributed by atoms with Crippen molar-refractivity contribution in [1.29, 1.82) is 0 Å². The third kappa shape index (κ3) is 4.74. The van der Waals surface area contributed by atoms with Crippen LogP contribution >= 0.6 is 0 Å². The van der Waals surface area contributed by atoms with Gasteiger partial charge in [-0.15, -0.1) is 0 Å². The first-order valence-corrected chi connectivity index (χ1v) is 12.1. The lowest BCUT2D eigenvalue weighted by molar-refractivity contribution is -0.117. The molecule has 180 valence electrons. The number of fused-ring (bicyclic) bond motifs is 1. The molecule has 1 aromatic heterocycles. The van der Waals surface area contributed by atoms with E-state index in [1.165, 1.54) is 11.1 Å². The van der Waals surface area contributed by atoms with E-state index in [9.17, 15) is 4.79 Å². The molecule has 0 N–H and O–H groups in total. The maximum absolute atomic E-state index is 13.0. The lowest BCUT2D eigenvalue weighted by atomic mass is 10.1. The molecular weight excluding hydrogens is 438 g/mol. The zero-order valence-corrected chi connectivity index (χ0v) is 20.5. The van der Waals surface area contributed by atoms with Crippen molar-refractivity contribution in [2.24, 2.45) is 0 Å². The number of para-hydroxylation sites is 4. The van der Waals surface area contributed by atoms with Gasteiger partial charge in [-0.25, -0.2) is 4.98 Å². The topological polar surface area (TPSA) is 56.6 Å². The van der Waals surface area contributed by atoms with Gasteiger partial charge in [-0.1, -0.05) is 30.3 Å². The van der Waals surface area contributed by atoms with Crippen molar-refractivity contribution < 1.29 is 14.3 Å². The van der Waals surface area contributed by atoms with Crippen LogP contribution in [0.2, 0.25) is 0 Å². The molecule has 1 atom stereocenters. The molecule has 4 aromatic rings. The Bertz CT molecular complexity index is 1340. The Balaban J connectivity index is 1.35. The molecule has 6 nitrogen and oxygen atoms in total. The fourth-order valence-corrected chi connectivity index (χ4v) is 5.04. The van der Waals surface area contributed by atoms with Crippen molar-refractivity contribution in [1.82, 2.24) is 9.55 Å². The second-order valence-corrected chi connectivity index (χ2v) is 9.21. The first-order valence-electron chi connectivity index (χ1n) is 12.1. The van der Waals surface area contributed by atoms with Gasteiger partial charge in [0, 0.05) is 25.4 Å². The van der Waals surface area contributed by atoms with E-state index in [2.05, 4.69) is 42.7 Å². The molecule has 1 unspecified atom stereocenters. The smallest absolute Gasteiger partial charge is 0.227 e. The van der Waals surface area contributed by atoms with Crippen LogP contribution in [0, 0.1) is 13.8 Å². The number of benzene rings is 3. The molecule has 1 saturated heterocycles. The summed E-state index contributed by atoms with van der Waals surface area (Å²) in [4.78, 5) is 19.8.